The van der Waals surface area contributed by atoms with Gasteiger partial charge in [0.15, 0.2) is 17.5 Å². The van der Waals surface area contributed by atoms with Crippen LogP contribution in [0.15, 0.2) is 212 Å². The van der Waals surface area contributed by atoms with Crippen LogP contribution in [-0.4, -0.2) is 24.1 Å². The number of hydrogen-bond donors (Lipinski definition) is 0. The van der Waals surface area contributed by atoms with E-state index in [1.165, 1.54) is 54.1 Å². The summed E-state index contributed by atoms with van der Waals surface area (Å²) in [5, 5.41) is 12.0. The monoisotopic (exact) mass is 789 g/mol. The second-order valence-electron chi connectivity index (χ2n) is 16.0. The number of para-hydroxylation sites is 2. The molecule has 0 saturated carbocycles. The molecule has 0 unspecified atom stereocenters. The lowest BCUT2D eigenvalue weighted by Gasteiger charge is -2.15. The van der Waals surface area contributed by atoms with Gasteiger partial charge in [-0.05, 0) is 70.1 Å². The highest BCUT2D eigenvalue weighted by Gasteiger charge is 2.20. The van der Waals surface area contributed by atoms with Crippen LogP contribution in [0.4, 0.5) is 0 Å². The van der Waals surface area contributed by atoms with Crippen molar-refractivity contribution in [1.82, 2.24) is 24.1 Å². The summed E-state index contributed by atoms with van der Waals surface area (Å²) < 4.78 is 4.88. The van der Waals surface area contributed by atoms with Crippen molar-refractivity contribution in [2.75, 3.05) is 0 Å². The lowest BCUT2D eigenvalue weighted by molar-refractivity contribution is 1.08. The second kappa shape index (κ2) is 13.6. The van der Waals surface area contributed by atoms with Crippen molar-refractivity contribution in [3.63, 3.8) is 0 Å². The van der Waals surface area contributed by atoms with Gasteiger partial charge in [-0.15, -0.1) is 0 Å². The highest BCUT2D eigenvalue weighted by Crippen LogP contribution is 2.41. The van der Waals surface area contributed by atoms with Gasteiger partial charge in [-0.25, -0.2) is 15.0 Å². The van der Waals surface area contributed by atoms with Crippen LogP contribution in [0.5, 0.6) is 0 Å². The molecule has 288 valence electrons. The van der Waals surface area contributed by atoms with Crippen molar-refractivity contribution in [3.8, 4) is 45.5 Å². The highest BCUT2D eigenvalue weighted by atomic mass is 15.0. The Labute approximate surface area is 356 Å². The lowest BCUT2D eigenvalue weighted by atomic mass is 10.0. The standard InChI is InChI=1S/C57H35N5/c1-3-16-37(17-4-1)55-58-56(38-18-5-2-6-19-38)60-57(59-55)48-31-32-52(44-22-10-9-21-43(44)48)62-51-26-14-12-24-46(51)49-34-40-33-41(29-27-39(40)35-53(49)62)61-50-25-13-11-23-45(50)47-30-28-36-15-7-8-20-42(36)54(47)61/h1-35H. The van der Waals surface area contributed by atoms with Gasteiger partial charge in [0.2, 0.25) is 0 Å². The van der Waals surface area contributed by atoms with Gasteiger partial charge in [0.05, 0.1) is 27.8 Å². The number of hydrogen-bond acceptors (Lipinski definition) is 3. The van der Waals surface area contributed by atoms with E-state index in [9.17, 15) is 0 Å². The van der Waals surface area contributed by atoms with E-state index in [-0.39, 0.29) is 0 Å². The van der Waals surface area contributed by atoms with Crippen LogP contribution >= 0.6 is 0 Å². The Kier molecular flexibility index (Phi) is 7.54. The Morgan fingerprint density at radius 2 is 0.855 bits per heavy atom. The fourth-order valence-electron chi connectivity index (χ4n) is 9.70. The molecule has 0 atom stereocenters. The van der Waals surface area contributed by atoms with Gasteiger partial charge in [0.1, 0.15) is 0 Å². The van der Waals surface area contributed by atoms with Gasteiger partial charge in [-0.3, -0.25) is 0 Å². The summed E-state index contributed by atoms with van der Waals surface area (Å²) in [5.41, 5.74) is 9.85. The molecule has 10 aromatic carbocycles. The normalized spacial score (nSPS) is 11.9. The zero-order valence-corrected chi connectivity index (χ0v) is 33.4. The van der Waals surface area contributed by atoms with Crippen molar-refractivity contribution in [2.45, 2.75) is 0 Å². The zero-order chi connectivity index (χ0) is 40.7. The fraction of sp³-hybridized carbons (Fsp3) is 0. The minimum Gasteiger partial charge on any atom is -0.309 e. The van der Waals surface area contributed by atoms with Crippen LogP contribution < -0.4 is 0 Å². The summed E-state index contributed by atoms with van der Waals surface area (Å²) in [4.78, 5) is 15.2. The molecule has 3 aromatic heterocycles. The van der Waals surface area contributed by atoms with E-state index in [0.29, 0.717) is 17.5 Å². The first-order valence-electron chi connectivity index (χ1n) is 21.0. The van der Waals surface area contributed by atoms with Crippen molar-refractivity contribution >= 4 is 75.9 Å². The third-order valence-corrected chi connectivity index (χ3v) is 12.5. The van der Waals surface area contributed by atoms with Crippen LogP contribution in [0.2, 0.25) is 0 Å². The van der Waals surface area contributed by atoms with Gasteiger partial charge in [0.25, 0.3) is 0 Å². The molecule has 0 radical (unpaired) electrons. The summed E-state index contributed by atoms with van der Waals surface area (Å²) in [6.45, 7) is 0. The van der Waals surface area contributed by atoms with E-state index in [1.54, 1.807) is 0 Å². The van der Waals surface area contributed by atoms with E-state index in [1.807, 2.05) is 60.7 Å². The van der Waals surface area contributed by atoms with E-state index in [0.717, 1.165) is 49.9 Å². The summed E-state index contributed by atoms with van der Waals surface area (Å²) in [5.74, 6) is 1.93. The molecule has 0 aliphatic carbocycles. The van der Waals surface area contributed by atoms with Crippen molar-refractivity contribution < 1.29 is 0 Å². The number of fused-ring (bicyclic) bond motifs is 10. The van der Waals surface area contributed by atoms with Crippen LogP contribution in [0.1, 0.15) is 0 Å². The smallest absolute Gasteiger partial charge is 0.164 e. The SMILES string of the molecule is c1ccc(-c2nc(-c3ccccc3)nc(-c3ccc(-n4c5ccccc5c5cc6cc(-n7c8ccccc8c8ccc9ccccc9c87)ccc6cc54)c4ccccc34)n2)cc1. The lowest BCUT2D eigenvalue weighted by Crippen LogP contribution is -2.01. The highest BCUT2D eigenvalue weighted by molar-refractivity contribution is 6.19. The van der Waals surface area contributed by atoms with E-state index >= 15 is 0 Å². The van der Waals surface area contributed by atoms with Crippen molar-refractivity contribution in [2.24, 2.45) is 0 Å². The minimum atomic E-state index is 0.640. The van der Waals surface area contributed by atoms with E-state index in [2.05, 4.69) is 161 Å². The molecule has 5 nitrogen and oxygen atoms in total. The molecule has 0 bridgehead atoms. The average molecular weight is 790 g/mol. The third-order valence-electron chi connectivity index (χ3n) is 12.5. The van der Waals surface area contributed by atoms with Crippen molar-refractivity contribution in [1.29, 1.82) is 0 Å². The summed E-state index contributed by atoms with van der Waals surface area (Å²) in [6, 6.07) is 75.8. The van der Waals surface area contributed by atoms with E-state index in [4.69, 9.17) is 15.0 Å². The average Bonchev–Trinajstić information content (AvgIpc) is 3.86. The first-order valence-corrected chi connectivity index (χ1v) is 21.0. The molecule has 0 saturated heterocycles. The topological polar surface area (TPSA) is 48.5 Å². The number of nitrogens with zero attached hydrogens (tertiary/aromatic N) is 5. The third kappa shape index (κ3) is 5.25. The molecule has 0 fully saturated rings. The molecule has 0 N–H and O–H groups in total. The second-order valence-corrected chi connectivity index (χ2v) is 16.0. The quantitative estimate of drug-likeness (QED) is 0.174. The van der Waals surface area contributed by atoms with Crippen molar-refractivity contribution in [3.05, 3.63) is 212 Å². The summed E-state index contributed by atoms with van der Waals surface area (Å²) in [7, 11) is 0. The minimum absolute atomic E-state index is 0.640. The van der Waals surface area contributed by atoms with Gasteiger partial charge in [0, 0.05) is 54.7 Å². The Morgan fingerprint density at radius 3 is 1.58 bits per heavy atom. The number of aromatic nitrogens is 5. The summed E-state index contributed by atoms with van der Waals surface area (Å²) in [6.07, 6.45) is 0. The Hall–Kier alpha value is -8.41. The van der Waals surface area contributed by atoms with Gasteiger partial charge in [-0.1, -0.05) is 164 Å². The Balaban J connectivity index is 1.01. The Bertz CT molecular complexity index is 3860. The van der Waals surface area contributed by atoms with Gasteiger partial charge >= 0.3 is 0 Å². The van der Waals surface area contributed by atoms with Crippen LogP contribution in [0, 0.1) is 0 Å². The molecular formula is C57H35N5. The molecule has 0 aliphatic heterocycles. The van der Waals surface area contributed by atoms with Crippen LogP contribution in [0.3, 0.4) is 0 Å². The maximum atomic E-state index is 5.12. The van der Waals surface area contributed by atoms with Crippen LogP contribution in [0.25, 0.3) is 121 Å². The molecule has 13 rings (SSSR count). The fourth-order valence-corrected chi connectivity index (χ4v) is 9.70. The van der Waals surface area contributed by atoms with Crippen LogP contribution in [-0.2, 0) is 0 Å². The molecule has 0 spiro atoms. The first kappa shape index (κ1) is 34.5. The maximum Gasteiger partial charge on any atom is 0.164 e. The van der Waals surface area contributed by atoms with Gasteiger partial charge < -0.3 is 9.13 Å². The predicted octanol–water partition coefficient (Wildman–Crippen LogP) is 14.5. The summed E-state index contributed by atoms with van der Waals surface area (Å²) >= 11 is 0. The first-order chi connectivity index (χ1) is 30.7. The zero-order valence-electron chi connectivity index (χ0n) is 33.4. The molecule has 13 aromatic rings. The molecule has 3 heterocycles. The molecular weight excluding hydrogens is 755 g/mol. The number of benzene rings is 10. The molecule has 62 heavy (non-hydrogen) atoms. The molecule has 0 aliphatic rings. The van der Waals surface area contributed by atoms with E-state index < -0.39 is 0 Å². The van der Waals surface area contributed by atoms with Gasteiger partial charge in [-0.2, -0.15) is 0 Å². The molecule has 5 heteroatoms. The Morgan fingerprint density at radius 1 is 0.290 bits per heavy atom. The predicted molar refractivity (Wildman–Crippen MR) is 257 cm³/mol. The maximum absolute atomic E-state index is 5.12. The number of rotatable bonds is 5. The molecule has 0 amide bonds. The largest absolute Gasteiger partial charge is 0.309 e.